The Kier molecular flexibility index (Phi) is 15.6. The molecular formula is C24H41Cl3O2Si. The van der Waals surface area contributed by atoms with Crippen LogP contribution in [0.15, 0.2) is 12.1 Å². The van der Waals surface area contributed by atoms with Crippen molar-refractivity contribution >= 4 is 43.4 Å². The molecule has 0 aromatic heterocycles. The minimum Gasteiger partial charge on any atom is -0.518 e. The van der Waals surface area contributed by atoms with Crippen LogP contribution in [0.4, 0.5) is 0 Å². The van der Waals surface area contributed by atoms with Crippen LogP contribution in [-0.4, -0.2) is 15.2 Å². The molecule has 0 aliphatic rings. The molecule has 0 bridgehead atoms. The minimum absolute atomic E-state index is 0.352. The molecule has 1 aromatic rings. The number of hydrogen-bond donors (Lipinski definition) is 0. The van der Waals surface area contributed by atoms with Crippen LogP contribution in [-0.2, 0) is 4.43 Å². The number of benzene rings is 1. The topological polar surface area (TPSA) is 18.5 Å². The average molecular weight is 496 g/mol. The largest absolute Gasteiger partial charge is 0.518 e. The Morgan fingerprint density at radius 1 is 0.667 bits per heavy atom. The van der Waals surface area contributed by atoms with Gasteiger partial charge in [-0.05, 0) is 31.6 Å². The molecule has 0 N–H and O–H groups in total. The predicted molar refractivity (Wildman–Crippen MR) is 136 cm³/mol. The Morgan fingerprint density at radius 3 is 1.60 bits per heavy atom. The van der Waals surface area contributed by atoms with E-state index in [0.717, 1.165) is 6.42 Å². The third-order valence-corrected chi connectivity index (χ3v) is 7.98. The number of rotatable bonds is 18. The van der Waals surface area contributed by atoms with Gasteiger partial charge in [0.1, 0.15) is 10.8 Å². The van der Waals surface area contributed by atoms with Crippen LogP contribution < -0.4 is 4.43 Å². The third kappa shape index (κ3) is 12.8. The summed E-state index contributed by atoms with van der Waals surface area (Å²) in [6.07, 6.45) is 18.9. The van der Waals surface area contributed by atoms with Gasteiger partial charge in [0.2, 0.25) is 0 Å². The van der Waals surface area contributed by atoms with E-state index in [0.29, 0.717) is 27.4 Å². The van der Waals surface area contributed by atoms with Crippen molar-refractivity contribution in [3.05, 3.63) is 27.2 Å². The van der Waals surface area contributed by atoms with E-state index >= 15 is 0 Å². The summed E-state index contributed by atoms with van der Waals surface area (Å²) in [6, 6.07) is 3.37. The Labute approximate surface area is 201 Å². The zero-order valence-corrected chi connectivity index (χ0v) is 22.5. The number of unbranched alkanes of at least 4 members (excludes halogenated alkanes) is 13. The van der Waals surface area contributed by atoms with Gasteiger partial charge in [-0.15, -0.1) is 0 Å². The molecule has 0 unspecified atom stereocenters. The number of hydrogen-bond acceptors (Lipinski definition) is 2. The molecule has 174 valence electrons. The van der Waals surface area contributed by atoms with Crippen LogP contribution in [0.2, 0.25) is 28.2 Å². The Hall–Kier alpha value is 0.0669. The molecule has 0 heterocycles. The van der Waals surface area contributed by atoms with Crippen LogP contribution >= 0.6 is 34.8 Å². The Bertz CT molecular complexity index is 582. The maximum absolute atomic E-state index is 6.23. The van der Waals surface area contributed by atoms with Gasteiger partial charge in [-0.1, -0.05) is 125 Å². The van der Waals surface area contributed by atoms with E-state index in [1.807, 2.05) is 13.1 Å². The first-order valence-corrected chi connectivity index (χ1v) is 15.8. The zero-order valence-electron chi connectivity index (χ0n) is 19.2. The van der Waals surface area contributed by atoms with Gasteiger partial charge in [-0.25, -0.2) is 0 Å². The highest BCUT2D eigenvalue weighted by Gasteiger charge is 2.29. The zero-order chi connectivity index (χ0) is 22.2. The van der Waals surface area contributed by atoms with Crippen molar-refractivity contribution in [2.45, 2.75) is 110 Å². The summed E-state index contributed by atoms with van der Waals surface area (Å²) in [5, 5.41) is 1.25. The molecule has 1 rings (SSSR count). The van der Waals surface area contributed by atoms with Gasteiger partial charge in [0.25, 0.3) is 0 Å². The summed E-state index contributed by atoms with van der Waals surface area (Å²) in [7, 11) is -2.36. The fourth-order valence-electron chi connectivity index (χ4n) is 3.49. The van der Waals surface area contributed by atoms with Crippen LogP contribution in [0.3, 0.4) is 0 Å². The lowest BCUT2D eigenvalue weighted by Gasteiger charge is -2.25. The lowest BCUT2D eigenvalue weighted by molar-refractivity contribution is 0.241. The van der Waals surface area contributed by atoms with Gasteiger partial charge in [0.15, 0.2) is 0 Å². The second kappa shape index (κ2) is 16.7. The molecule has 1 aromatic carbocycles. The summed E-state index contributed by atoms with van der Waals surface area (Å²) < 4.78 is 12.1. The van der Waals surface area contributed by atoms with E-state index < -0.39 is 8.56 Å². The van der Waals surface area contributed by atoms with Gasteiger partial charge in [0, 0.05) is 6.61 Å². The van der Waals surface area contributed by atoms with Crippen molar-refractivity contribution in [2.24, 2.45) is 0 Å². The van der Waals surface area contributed by atoms with E-state index in [9.17, 15) is 0 Å². The van der Waals surface area contributed by atoms with Crippen LogP contribution in [0.1, 0.15) is 96.8 Å². The normalized spacial score (nSPS) is 11.8. The van der Waals surface area contributed by atoms with E-state index in [1.165, 1.54) is 83.5 Å². The fourth-order valence-corrected chi connectivity index (χ4v) is 5.62. The molecule has 0 spiro atoms. The monoisotopic (exact) mass is 494 g/mol. The van der Waals surface area contributed by atoms with Gasteiger partial charge in [-0.3, -0.25) is 0 Å². The molecule has 0 aliphatic heterocycles. The molecular weight excluding hydrogens is 455 g/mol. The lowest BCUT2D eigenvalue weighted by atomic mass is 10.0. The summed E-state index contributed by atoms with van der Waals surface area (Å²) in [6.45, 7) is 7.00. The SMILES string of the molecule is CCCCCCCCCCCCCCCCO[Si](C)(C)Oc1c(Cl)ccc(Cl)c1Cl. The van der Waals surface area contributed by atoms with Gasteiger partial charge < -0.3 is 8.85 Å². The molecule has 0 fully saturated rings. The van der Waals surface area contributed by atoms with Gasteiger partial charge in [-0.2, -0.15) is 0 Å². The quantitative estimate of drug-likeness (QED) is 0.114. The third-order valence-electron chi connectivity index (χ3n) is 5.30. The summed E-state index contributed by atoms with van der Waals surface area (Å²) >= 11 is 18.5. The standard InChI is InChI=1S/C24H41Cl3O2Si/c1-4-5-6-7-8-9-10-11-12-13-14-15-16-17-20-28-30(2,3)29-24-22(26)19-18-21(25)23(24)27/h18-19H,4-17,20H2,1-3H3. The second-order valence-electron chi connectivity index (χ2n) is 8.62. The van der Waals surface area contributed by atoms with Crippen molar-refractivity contribution < 1.29 is 8.85 Å². The highest BCUT2D eigenvalue weighted by atomic mass is 35.5. The first kappa shape index (κ1) is 28.1. The van der Waals surface area contributed by atoms with Crippen LogP contribution in [0.25, 0.3) is 0 Å². The fraction of sp³-hybridized carbons (Fsp3) is 0.750. The Balaban J connectivity index is 2.02. The minimum atomic E-state index is -2.36. The molecule has 0 atom stereocenters. The van der Waals surface area contributed by atoms with E-state index in [1.54, 1.807) is 12.1 Å². The van der Waals surface area contributed by atoms with E-state index in [4.69, 9.17) is 43.7 Å². The average Bonchev–Trinajstić information content (AvgIpc) is 2.71. The van der Waals surface area contributed by atoms with Crippen molar-refractivity contribution in [3.63, 3.8) is 0 Å². The Morgan fingerprint density at radius 2 is 1.10 bits per heavy atom. The molecule has 0 amide bonds. The first-order valence-electron chi connectivity index (χ1n) is 11.8. The smallest absolute Gasteiger partial charge is 0.392 e. The maximum Gasteiger partial charge on any atom is 0.392 e. The summed E-state index contributed by atoms with van der Waals surface area (Å²) in [4.78, 5) is 0. The summed E-state index contributed by atoms with van der Waals surface area (Å²) in [5.41, 5.74) is 0. The first-order chi connectivity index (χ1) is 14.4. The molecule has 30 heavy (non-hydrogen) atoms. The molecule has 0 saturated heterocycles. The molecule has 0 radical (unpaired) electrons. The van der Waals surface area contributed by atoms with Gasteiger partial charge >= 0.3 is 8.56 Å². The van der Waals surface area contributed by atoms with Crippen molar-refractivity contribution in [2.75, 3.05) is 6.61 Å². The van der Waals surface area contributed by atoms with Crippen LogP contribution in [0.5, 0.6) is 5.75 Å². The van der Waals surface area contributed by atoms with Crippen LogP contribution in [0, 0.1) is 0 Å². The van der Waals surface area contributed by atoms with E-state index in [-0.39, 0.29) is 0 Å². The maximum atomic E-state index is 6.23. The highest BCUT2D eigenvalue weighted by molar-refractivity contribution is 6.65. The summed E-state index contributed by atoms with van der Waals surface area (Å²) in [5.74, 6) is 0.434. The molecule has 2 nitrogen and oxygen atoms in total. The van der Waals surface area contributed by atoms with Crippen molar-refractivity contribution in [3.8, 4) is 5.75 Å². The molecule has 6 heteroatoms. The van der Waals surface area contributed by atoms with E-state index in [2.05, 4.69) is 6.92 Å². The number of halogens is 3. The highest BCUT2D eigenvalue weighted by Crippen LogP contribution is 2.39. The van der Waals surface area contributed by atoms with Gasteiger partial charge in [0.05, 0.1) is 10.0 Å². The van der Waals surface area contributed by atoms with Crippen molar-refractivity contribution in [1.82, 2.24) is 0 Å². The molecule has 0 aliphatic carbocycles. The lowest BCUT2D eigenvalue weighted by Crippen LogP contribution is -2.38. The molecule has 0 saturated carbocycles. The van der Waals surface area contributed by atoms with Crippen molar-refractivity contribution in [1.29, 1.82) is 0 Å². The second-order valence-corrected chi connectivity index (χ2v) is 13.1. The predicted octanol–water partition coefficient (Wildman–Crippen LogP) is 10.2.